The van der Waals surface area contributed by atoms with Crippen molar-refractivity contribution in [1.82, 2.24) is 0 Å². The van der Waals surface area contributed by atoms with Crippen molar-refractivity contribution in [1.29, 1.82) is 0 Å². The first-order valence-corrected chi connectivity index (χ1v) is 5.59. The van der Waals surface area contributed by atoms with Gasteiger partial charge in [0.2, 0.25) is 0 Å². The zero-order valence-electron chi connectivity index (χ0n) is 8.14. The summed E-state index contributed by atoms with van der Waals surface area (Å²) in [5.41, 5.74) is -0.377. The van der Waals surface area contributed by atoms with Crippen molar-refractivity contribution < 1.29 is 14.2 Å². The molecule has 2 saturated heterocycles. The van der Waals surface area contributed by atoms with Crippen molar-refractivity contribution in [3.8, 4) is 0 Å². The lowest BCUT2D eigenvalue weighted by molar-refractivity contribution is -0.0910. The SMILES string of the molecule is [B]C1OC2(COC)CSC1C2OC=C. The first kappa shape index (κ1) is 10.4. The topological polar surface area (TPSA) is 27.7 Å². The first-order valence-electron chi connectivity index (χ1n) is 4.54. The van der Waals surface area contributed by atoms with Crippen LogP contribution in [0.1, 0.15) is 0 Å². The molecule has 0 aliphatic carbocycles. The predicted octanol–water partition coefficient (Wildman–Crippen LogP) is 0.540. The molecule has 2 aliphatic heterocycles. The second kappa shape index (κ2) is 3.79. The van der Waals surface area contributed by atoms with E-state index in [1.54, 1.807) is 18.9 Å². The van der Waals surface area contributed by atoms with Crippen LogP contribution in [0.3, 0.4) is 0 Å². The minimum absolute atomic E-state index is 0.0278. The predicted molar refractivity (Wildman–Crippen MR) is 56.6 cm³/mol. The summed E-state index contributed by atoms with van der Waals surface area (Å²) in [6.07, 6.45) is 1.43. The van der Waals surface area contributed by atoms with Gasteiger partial charge >= 0.3 is 0 Å². The molecular weight excluding hydrogens is 199 g/mol. The summed E-state index contributed by atoms with van der Waals surface area (Å²) in [5.74, 6) is 0.873. The highest BCUT2D eigenvalue weighted by atomic mass is 32.2. The molecule has 76 valence electrons. The molecule has 2 aliphatic rings. The van der Waals surface area contributed by atoms with Gasteiger partial charge in [-0.3, -0.25) is 0 Å². The molecule has 2 bridgehead atoms. The Labute approximate surface area is 89.6 Å². The summed E-state index contributed by atoms with van der Waals surface area (Å²) < 4.78 is 16.4. The van der Waals surface area contributed by atoms with Crippen LogP contribution in [-0.4, -0.2) is 50.3 Å². The van der Waals surface area contributed by atoms with Gasteiger partial charge in [-0.05, 0) is 0 Å². The summed E-state index contributed by atoms with van der Waals surface area (Å²) in [6, 6.07) is -0.256. The van der Waals surface area contributed by atoms with Crippen LogP contribution in [0.4, 0.5) is 0 Å². The maximum atomic E-state index is 5.84. The van der Waals surface area contributed by atoms with Crippen LogP contribution in [-0.2, 0) is 14.2 Å². The lowest BCUT2D eigenvalue weighted by atomic mass is 9.93. The van der Waals surface area contributed by atoms with Gasteiger partial charge in [0.15, 0.2) is 0 Å². The summed E-state index contributed by atoms with van der Waals surface area (Å²) in [7, 11) is 7.50. The average Bonchev–Trinajstić information content (AvgIpc) is 2.58. The van der Waals surface area contributed by atoms with E-state index in [1.807, 2.05) is 0 Å². The Morgan fingerprint density at radius 3 is 3.14 bits per heavy atom. The largest absolute Gasteiger partial charge is 0.494 e. The molecular formula is C9H13BO3S. The van der Waals surface area contributed by atoms with E-state index in [0.717, 1.165) is 5.75 Å². The third kappa shape index (κ3) is 1.38. The van der Waals surface area contributed by atoms with Gasteiger partial charge in [-0.1, -0.05) is 6.58 Å². The van der Waals surface area contributed by atoms with Gasteiger partial charge in [0.1, 0.15) is 19.6 Å². The van der Waals surface area contributed by atoms with Crippen LogP contribution in [0.15, 0.2) is 12.8 Å². The normalized spacial score (nSPS) is 45.4. The molecule has 0 aromatic heterocycles. The first-order chi connectivity index (χ1) is 6.73. The number of fused-ring (bicyclic) bond motifs is 2. The van der Waals surface area contributed by atoms with Crippen molar-refractivity contribution in [3.63, 3.8) is 0 Å². The molecule has 0 aromatic carbocycles. The monoisotopic (exact) mass is 212 g/mol. The Kier molecular flexibility index (Phi) is 2.82. The van der Waals surface area contributed by atoms with E-state index in [0.29, 0.717) is 6.61 Å². The highest BCUT2D eigenvalue weighted by Crippen LogP contribution is 2.48. The molecule has 5 heteroatoms. The number of methoxy groups -OCH3 is 1. The van der Waals surface area contributed by atoms with Gasteiger partial charge in [-0.2, -0.15) is 0 Å². The fraction of sp³-hybridized carbons (Fsp3) is 0.778. The van der Waals surface area contributed by atoms with E-state index in [1.165, 1.54) is 6.26 Å². The molecule has 2 heterocycles. The van der Waals surface area contributed by atoms with E-state index in [2.05, 4.69) is 6.58 Å². The zero-order valence-corrected chi connectivity index (χ0v) is 8.96. The smallest absolute Gasteiger partial charge is 0.143 e. The van der Waals surface area contributed by atoms with Crippen molar-refractivity contribution in [3.05, 3.63) is 12.8 Å². The number of thioether (sulfide) groups is 1. The minimum Gasteiger partial charge on any atom is -0.494 e. The van der Waals surface area contributed by atoms with Gasteiger partial charge in [-0.15, -0.1) is 11.8 Å². The summed E-state index contributed by atoms with van der Waals surface area (Å²) in [5, 5.41) is 0.197. The molecule has 2 fully saturated rings. The van der Waals surface area contributed by atoms with Crippen molar-refractivity contribution in [2.24, 2.45) is 0 Å². The fourth-order valence-corrected chi connectivity index (χ4v) is 3.64. The van der Waals surface area contributed by atoms with E-state index < -0.39 is 0 Å². The van der Waals surface area contributed by atoms with Crippen LogP contribution in [0, 0.1) is 0 Å². The molecule has 4 atom stereocenters. The third-order valence-electron chi connectivity index (χ3n) is 2.66. The van der Waals surface area contributed by atoms with E-state index in [9.17, 15) is 0 Å². The third-order valence-corrected chi connectivity index (χ3v) is 4.22. The Balaban J connectivity index is 2.17. The minimum atomic E-state index is -0.377. The molecule has 4 unspecified atom stereocenters. The standard InChI is InChI=1S/C9H13BO3S/c1-3-12-7-6-8(10)13-9(7,4-11-2)5-14-6/h3,6-8H,1,4-5H2,2H3. The van der Waals surface area contributed by atoms with Crippen LogP contribution < -0.4 is 0 Å². The molecule has 2 radical (unpaired) electrons. The van der Waals surface area contributed by atoms with Crippen molar-refractivity contribution in [2.45, 2.75) is 23.0 Å². The van der Waals surface area contributed by atoms with Gasteiger partial charge in [-0.25, -0.2) is 0 Å². The Bertz CT molecular complexity index is 238. The number of ether oxygens (including phenoxy) is 3. The maximum Gasteiger partial charge on any atom is 0.143 e. The molecule has 14 heavy (non-hydrogen) atoms. The van der Waals surface area contributed by atoms with Gasteiger partial charge in [0.05, 0.1) is 18.1 Å². The second-order valence-electron chi connectivity index (χ2n) is 3.58. The Hall–Kier alpha value is -0.125. The van der Waals surface area contributed by atoms with Crippen LogP contribution >= 0.6 is 11.8 Å². The fourth-order valence-electron chi connectivity index (χ4n) is 2.12. The zero-order chi connectivity index (χ0) is 10.2. The van der Waals surface area contributed by atoms with Gasteiger partial charge < -0.3 is 14.2 Å². The highest BCUT2D eigenvalue weighted by Gasteiger charge is 2.60. The molecule has 0 amide bonds. The number of hydrogen-bond donors (Lipinski definition) is 0. The Morgan fingerprint density at radius 2 is 2.57 bits per heavy atom. The summed E-state index contributed by atoms with van der Waals surface area (Å²) in [4.78, 5) is 0. The highest BCUT2D eigenvalue weighted by molar-refractivity contribution is 8.00. The number of hydrogen-bond acceptors (Lipinski definition) is 4. The lowest BCUT2D eigenvalue weighted by Gasteiger charge is -2.29. The van der Waals surface area contributed by atoms with Gasteiger partial charge in [0, 0.05) is 18.9 Å². The van der Waals surface area contributed by atoms with Crippen molar-refractivity contribution in [2.75, 3.05) is 19.5 Å². The van der Waals surface area contributed by atoms with Crippen LogP contribution in [0.2, 0.25) is 0 Å². The average molecular weight is 212 g/mol. The molecule has 0 aromatic rings. The molecule has 3 nitrogen and oxygen atoms in total. The van der Waals surface area contributed by atoms with Crippen LogP contribution in [0.25, 0.3) is 0 Å². The Morgan fingerprint density at radius 1 is 1.79 bits per heavy atom. The number of rotatable bonds is 4. The molecule has 0 spiro atoms. The summed E-state index contributed by atoms with van der Waals surface area (Å²) in [6.45, 7) is 4.09. The maximum absolute atomic E-state index is 5.84. The quantitative estimate of drug-likeness (QED) is 0.502. The van der Waals surface area contributed by atoms with E-state index in [-0.39, 0.29) is 23.0 Å². The molecule has 0 N–H and O–H groups in total. The summed E-state index contributed by atoms with van der Waals surface area (Å²) >= 11 is 1.78. The lowest BCUT2D eigenvalue weighted by Crippen LogP contribution is -2.45. The van der Waals surface area contributed by atoms with Gasteiger partial charge in [0.25, 0.3) is 0 Å². The van der Waals surface area contributed by atoms with E-state index in [4.69, 9.17) is 22.1 Å². The van der Waals surface area contributed by atoms with E-state index >= 15 is 0 Å². The molecule has 0 saturated carbocycles. The molecule has 2 rings (SSSR count). The van der Waals surface area contributed by atoms with Crippen LogP contribution in [0.5, 0.6) is 0 Å². The van der Waals surface area contributed by atoms with Crippen molar-refractivity contribution >= 4 is 19.6 Å². The second-order valence-corrected chi connectivity index (χ2v) is 4.75.